The van der Waals surface area contributed by atoms with Crippen LogP contribution in [0.4, 0.5) is 0 Å². The van der Waals surface area contributed by atoms with Crippen molar-refractivity contribution in [1.82, 2.24) is 4.90 Å². The van der Waals surface area contributed by atoms with Crippen LogP contribution in [0.25, 0.3) is 0 Å². The van der Waals surface area contributed by atoms with E-state index in [1.165, 1.54) is 37.9 Å². The Labute approximate surface area is 169 Å². The number of carbonyl (C=O) groups excluding carboxylic acids is 2. The third-order valence-corrected chi connectivity index (χ3v) is 5.57. The van der Waals surface area contributed by atoms with Gasteiger partial charge in [-0.15, -0.1) is 0 Å². The van der Waals surface area contributed by atoms with Crippen molar-refractivity contribution < 1.29 is 19.6 Å². The Morgan fingerprint density at radius 3 is 2.36 bits per heavy atom. The van der Waals surface area contributed by atoms with E-state index in [1.807, 2.05) is 0 Å². The Bertz CT molecular complexity index is 545. The van der Waals surface area contributed by atoms with Crippen LogP contribution in [0, 0.1) is 5.92 Å². The third-order valence-electron chi connectivity index (χ3n) is 5.57. The lowest BCUT2D eigenvalue weighted by Gasteiger charge is -2.37. The van der Waals surface area contributed by atoms with Crippen molar-refractivity contribution in [2.24, 2.45) is 11.7 Å². The lowest BCUT2D eigenvalue weighted by atomic mass is 9.83. The van der Waals surface area contributed by atoms with Crippen LogP contribution in [-0.4, -0.2) is 53.4 Å². The molecule has 2 rings (SSSR count). The van der Waals surface area contributed by atoms with Crippen molar-refractivity contribution in [3.8, 4) is 0 Å². The first-order valence-corrected chi connectivity index (χ1v) is 10.3. The van der Waals surface area contributed by atoms with E-state index < -0.39 is 7.12 Å². The molecule has 2 unspecified atom stereocenters. The van der Waals surface area contributed by atoms with Crippen LogP contribution < -0.4 is 5.73 Å². The van der Waals surface area contributed by atoms with Crippen molar-refractivity contribution in [3.05, 3.63) is 35.9 Å². The lowest BCUT2D eigenvalue weighted by Crippen LogP contribution is -2.43. The Morgan fingerprint density at radius 1 is 1.18 bits per heavy atom. The number of hydrogen-bond donors (Lipinski definition) is 3. The normalized spacial score (nSPS) is 17.1. The molecular weight excluding hydrogens is 355 g/mol. The van der Waals surface area contributed by atoms with E-state index in [2.05, 4.69) is 42.2 Å². The maximum absolute atomic E-state index is 8.87. The second kappa shape index (κ2) is 14.5. The van der Waals surface area contributed by atoms with Crippen LogP contribution in [0.5, 0.6) is 0 Å². The van der Waals surface area contributed by atoms with E-state index in [4.69, 9.17) is 25.4 Å². The molecule has 156 valence electrons. The van der Waals surface area contributed by atoms with Gasteiger partial charge in [0.2, 0.25) is 0 Å². The van der Waals surface area contributed by atoms with E-state index >= 15 is 0 Å². The fourth-order valence-electron chi connectivity index (χ4n) is 3.98. The molecule has 7 heteroatoms. The molecule has 1 aromatic rings. The van der Waals surface area contributed by atoms with Crippen LogP contribution in [0.2, 0.25) is 6.32 Å². The number of rotatable bonds is 10. The highest BCUT2D eigenvalue weighted by atomic mass is 16.4. The minimum Gasteiger partial charge on any atom is -0.427 e. The molecule has 0 radical (unpaired) electrons. The molecule has 1 heterocycles. The maximum atomic E-state index is 8.87. The fraction of sp³-hybridized carbons (Fsp3) is 0.667. The molecule has 1 aromatic carbocycles. The molecular formula is C21H35BN2O4. The van der Waals surface area contributed by atoms with E-state index in [1.54, 1.807) is 0 Å². The summed E-state index contributed by atoms with van der Waals surface area (Å²) in [5, 5.41) is 17.7. The summed E-state index contributed by atoms with van der Waals surface area (Å²) in [6, 6.07) is 11.6. The number of nitrogens with two attached hydrogens (primary N) is 1. The molecule has 1 aliphatic rings. The monoisotopic (exact) mass is 390 g/mol. The summed E-state index contributed by atoms with van der Waals surface area (Å²) in [5.74, 6) is 0.810. The largest absolute Gasteiger partial charge is 0.451 e. The predicted octanol–water partition coefficient (Wildman–Crippen LogP) is 2.11. The first-order valence-electron chi connectivity index (χ1n) is 10.3. The topological polar surface area (TPSA) is 104 Å². The van der Waals surface area contributed by atoms with E-state index in [9.17, 15) is 0 Å². The van der Waals surface area contributed by atoms with Gasteiger partial charge in [0.1, 0.15) is 0 Å². The van der Waals surface area contributed by atoms with E-state index in [0.29, 0.717) is 12.4 Å². The third kappa shape index (κ3) is 10.7. The van der Waals surface area contributed by atoms with Gasteiger partial charge >= 0.3 is 13.3 Å². The van der Waals surface area contributed by atoms with Crippen LogP contribution in [0.1, 0.15) is 51.0 Å². The van der Waals surface area contributed by atoms with Crippen molar-refractivity contribution in [2.75, 3.05) is 13.1 Å². The molecule has 2 atom stereocenters. The minimum absolute atomic E-state index is 0.216. The smallest absolute Gasteiger partial charge is 0.427 e. The minimum atomic E-state index is -1.17. The summed E-state index contributed by atoms with van der Waals surface area (Å²) in [6.07, 6.45) is 8.30. The molecule has 0 amide bonds. The molecule has 0 bridgehead atoms. The second-order valence-corrected chi connectivity index (χ2v) is 7.86. The van der Waals surface area contributed by atoms with Gasteiger partial charge in [0.15, 0.2) is 0 Å². The molecule has 6 nitrogen and oxygen atoms in total. The van der Waals surface area contributed by atoms with Gasteiger partial charge in [-0.3, -0.25) is 0 Å². The lowest BCUT2D eigenvalue weighted by molar-refractivity contribution is -0.191. The highest BCUT2D eigenvalue weighted by molar-refractivity contribution is 6.40. The fourth-order valence-corrected chi connectivity index (χ4v) is 3.98. The molecule has 0 spiro atoms. The van der Waals surface area contributed by atoms with Gasteiger partial charge in [0, 0.05) is 12.1 Å². The van der Waals surface area contributed by atoms with Gasteiger partial charge in [0.25, 0.3) is 0 Å². The van der Waals surface area contributed by atoms with Gasteiger partial charge in [-0.2, -0.15) is 9.59 Å². The van der Waals surface area contributed by atoms with E-state index in [0.717, 1.165) is 31.6 Å². The number of unbranched alkanes of at least 4 members (excludes halogenated alkanes) is 1. The number of nitrogens with zero attached hydrogens (tertiary/aromatic N) is 1. The standard InChI is InChI=1S/C20H35BN2O2.CO2/c1-17(15-20(22)9-5-6-12-21(24)25)23-13-10-19(11-14-23)16-18-7-3-2-4-8-18;2-1-3/h2-4,7-8,17,19-20,24-25H,5-6,9-16,22H2,1H3;. The number of piperidine rings is 1. The van der Waals surface area contributed by atoms with Crippen molar-refractivity contribution in [3.63, 3.8) is 0 Å². The Hall–Kier alpha value is -1.50. The van der Waals surface area contributed by atoms with Crippen molar-refractivity contribution in [1.29, 1.82) is 0 Å². The first kappa shape index (κ1) is 24.5. The van der Waals surface area contributed by atoms with Crippen LogP contribution in [-0.2, 0) is 16.0 Å². The predicted molar refractivity (Wildman–Crippen MR) is 110 cm³/mol. The summed E-state index contributed by atoms with van der Waals surface area (Å²) < 4.78 is 0. The number of benzene rings is 1. The summed E-state index contributed by atoms with van der Waals surface area (Å²) in [5.41, 5.74) is 7.74. The molecule has 1 fully saturated rings. The van der Waals surface area contributed by atoms with Gasteiger partial charge < -0.3 is 20.7 Å². The highest BCUT2D eigenvalue weighted by Gasteiger charge is 2.23. The summed E-state index contributed by atoms with van der Waals surface area (Å²) in [7, 11) is -1.17. The van der Waals surface area contributed by atoms with Crippen LogP contribution in [0.15, 0.2) is 30.3 Å². The summed E-state index contributed by atoms with van der Waals surface area (Å²) in [4.78, 5) is 18.8. The average Bonchev–Trinajstić information content (AvgIpc) is 2.67. The SMILES string of the molecule is CC(CC(N)CCCCB(O)O)N1CCC(Cc2ccccc2)CC1.O=C=O. The van der Waals surface area contributed by atoms with Gasteiger partial charge in [-0.25, -0.2) is 0 Å². The molecule has 0 aliphatic carbocycles. The number of hydrogen-bond acceptors (Lipinski definition) is 6. The van der Waals surface area contributed by atoms with Crippen molar-refractivity contribution in [2.45, 2.75) is 70.3 Å². The Kier molecular flexibility index (Phi) is 12.7. The van der Waals surface area contributed by atoms with E-state index in [-0.39, 0.29) is 12.2 Å². The zero-order chi connectivity index (χ0) is 20.8. The maximum Gasteiger partial charge on any atom is 0.451 e. The number of likely N-dealkylation sites (tertiary alicyclic amines) is 1. The molecule has 1 aliphatic heterocycles. The van der Waals surface area contributed by atoms with Gasteiger partial charge in [-0.1, -0.05) is 43.2 Å². The van der Waals surface area contributed by atoms with Gasteiger partial charge in [0.05, 0.1) is 0 Å². The second-order valence-electron chi connectivity index (χ2n) is 7.86. The highest BCUT2D eigenvalue weighted by Crippen LogP contribution is 2.24. The summed E-state index contributed by atoms with van der Waals surface area (Å²) in [6.45, 7) is 4.67. The van der Waals surface area contributed by atoms with Crippen LogP contribution >= 0.6 is 0 Å². The molecule has 4 N–H and O–H groups in total. The first-order chi connectivity index (χ1) is 13.5. The Balaban J connectivity index is 0.00000122. The Morgan fingerprint density at radius 2 is 1.79 bits per heavy atom. The summed E-state index contributed by atoms with van der Waals surface area (Å²) >= 11 is 0. The van der Waals surface area contributed by atoms with Crippen molar-refractivity contribution >= 4 is 13.3 Å². The molecule has 28 heavy (non-hydrogen) atoms. The quantitative estimate of drug-likeness (QED) is 0.418. The molecule has 1 saturated heterocycles. The zero-order valence-electron chi connectivity index (χ0n) is 17.0. The zero-order valence-corrected chi connectivity index (χ0v) is 17.0. The molecule has 0 aromatic heterocycles. The molecule has 0 saturated carbocycles. The average molecular weight is 390 g/mol. The van der Waals surface area contributed by atoms with Crippen LogP contribution in [0.3, 0.4) is 0 Å². The van der Waals surface area contributed by atoms with Gasteiger partial charge in [-0.05, 0) is 69.9 Å².